The highest BCUT2D eigenvalue weighted by atomic mass is 32.2. The molecule has 1 aromatic rings. The highest BCUT2D eigenvalue weighted by Crippen LogP contribution is 2.41. The van der Waals surface area contributed by atoms with Crippen LogP contribution in [0, 0.1) is 5.82 Å². The predicted molar refractivity (Wildman–Crippen MR) is 105 cm³/mol. The van der Waals surface area contributed by atoms with Gasteiger partial charge in [-0.15, -0.1) is 0 Å². The maximum atomic E-state index is 14.7. The van der Waals surface area contributed by atoms with Gasteiger partial charge in [0, 0.05) is 24.5 Å². The standard InChI is InChI=1S/C19H24FN3O5S/c1-18(11-29(25,26)19(17(21)23-18)6-8-27-10-19)13-9-12(4-5-14(13)20)22-16(24)15-3-2-7-28-15/h4-5,9,15H,2-3,6-8,10-11H2,1H3,(H2,21,23)(H,22,24)/t15-,18+,19?/m1/s1. The van der Waals surface area contributed by atoms with E-state index in [0.29, 0.717) is 18.7 Å². The van der Waals surface area contributed by atoms with E-state index >= 15 is 0 Å². The summed E-state index contributed by atoms with van der Waals surface area (Å²) in [6.07, 6.45) is 1.13. The molecule has 3 atom stereocenters. The monoisotopic (exact) mass is 425 g/mol. The van der Waals surface area contributed by atoms with Crippen molar-refractivity contribution in [2.75, 3.05) is 30.9 Å². The molecule has 0 aliphatic carbocycles. The predicted octanol–water partition coefficient (Wildman–Crippen LogP) is 1.10. The molecule has 1 aromatic carbocycles. The fraction of sp³-hybridized carbons (Fsp3) is 0.579. The van der Waals surface area contributed by atoms with Gasteiger partial charge in [-0.05, 0) is 44.4 Å². The molecule has 0 bridgehead atoms. The van der Waals surface area contributed by atoms with Crippen molar-refractivity contribution in [1.82, 2.24) is 0 Å². The van der Waals surface area contributed by atoms with Gasteiger partial charge in [-0.2, -0.15) is 0 Å². The summed E-state index contributed by atoms with van der Waals surface area (Å²) < 4.78 is 50.2. The molecule has 0 aromatic heterocycles. The number of hydrogen-bond acceptors (Lipinski definition) is 7. The molecule has 29 heavy (non-hydrogen) atoms. The Morgan fingerprint density at radius 3 is 2.79 bits per heavy atom. The van der Waals surface area contributed by atoms with Crippen molar-refractivity contribution >= 4 is 27.3 Å². The molecule has 2 fully saturated rings. The highest BCUT2D eigenvalue weighted by molar-refractivity contribution is 7.93. The molecule has 10 heteroatoms. The summed E-state index contributed by atoms with van der Waals surface area (Å²) in [4.78, 5) is 16.7. The fourth-order valence-corrected chi connectivity index (χ4v) is 6.48. The van der Waals surface area contributed by atoms with Crippen LogP contribution in [0.3, 0.4) is 0 Å². The molecule has 8 nitrogen and oxygen atoms in total. The first kappa shape index (κ1) is 20.2. The molecular weight excluding hydrogens is 401 g/mol. The SMILES string of the molecule is C[C@@]1(c2cc(NC(=O)[C@H]3CCCO3)ccc2F)CS(=O)(=O)C2(CCOC2)C(N)=N1. The number of ether oxygens (including phenoxy) is 2. The molecule has 0 radical (unpaired) electrons. The Balaban J connectivity index is 1.68. The van der Waals surface area contributed by atoms with Crippen LogP contribution in [-0.2, 0) is 29.6 Å². The first-order chi connectivity index (χ1) is 13.7. The minimum Gasteiger partial charge on any atom is -0.386 e. The van der Waals surface area contributed by atoms with Crippen LogP contribution < -0.4 is 11.1 Å². The van der Waals surface area contributed by atoms with E-state index in [1.54, 1.807) is 0 Å². The summed E-state index contributed by atoms with van der Waals surface area (Å²) in [5.41, 5.74) is 5.09. The van der Waals surface area contributed by atoms with Crippen molar-refractivity contribution in [3.63, 3.8) is 0 Å². The fourth-order valence-electron chi connectivity index (χ4n) is 4.22. The number of hydrogen-bond donors (Lipinski definition) is 2. The molecule has 0 saturated carbocycles. The van der Waals surface area contributed by atoms with Crippen LogP contribution in [-0.4, -0.2) is 56.6 Å². The molecule has 2 saturated heterocycles. The Labute approximate surface area is 168 Å². The van der Waals surface area contributed by atoms with Gasteiger partial charge in [0.25, 0.3) is 5.91 Å². The van der Waals surface area contributed by atoms with Gasteiger partial charge < -0.3 is 20.5 Å². The maximum absolute atomic E-state index is 14.7. The van der Waals surface area contributed by atoms with E-state index in [1.807, 2.05) is 0 Å². The number of aliphatic imine (C=N–C) groups is 1. The summed E-state index contributed by atoms with van der Waals surface area (Å²) >= 11 is 0. The molecule has 1 unspecified atom stereocenters. The van der Waals surface area contributed by atoms with Gasteiger partial charge in [-0.3, -0.25) is 9.79 Å². The van der Waals surface area contributed by atoms with E-state index in [0.717, 1.165) is 6.42 Å². The molecule has 3 N–H and O–H groups in total. The smallest absolute Gasteiger partial charge is 0.253 e. The van der Waals surface area contributed by atoms with Crippen LogP contribution in [0.1, 0.15) is 31.7 Å². The summed E-state index contributed by atoms with van der Waals surface area (Å²) in [6.45, 7) is 2.30. The maximum Gasteiger partial charge on any atom is 0.253 e. The molecular formula is C19H24FN3O5S. The zero-order valence-electron chi connectivity index (χ0n) is 16.1. The quantitative estimate of drug-likeness (QED) is 0.748. The number of halogens is 1. The minimum atomic E-state index is -3.75. The van der Waals surface area contributed by atoms with Gasteiger partial charge in [0.1, 0.15) is 23.3 Å². The van der Waals surface area contributed by atoms with Crippen molar-refractivity contribution < 1.29 is 27.1 Å². The average molecular weight is 425 g/mol. The van der Waals surface area contributed by atoms with Crippen LogP contribution >= 0.6 is 0 Å². The summed E-state index contributed by atoms with van der Waals surface area (Å²) in [5, 5.41) is 2.71. The number of carbonyl (C=O) groups excluding carboxylic acids is 1. The number of rotatable bonds is 3. The number of amidine groups is 1. The largest absolute Gasteiger partial charge is 0.386 e. The van der Waals surface area contributed by atoms with Gasteiger partial charge in [0.15, 0.2) is 14.6 Å². The molecule has 1 amide bonds. The van der Waals surface area contributed by atoms with Crippen LogP contribution in [0.2, 0.25) is 0 Å². The molecule has 4 rings (SSSR count). The lowest BCUT2D eigenvalue weighted by molar-refractivity contribution is -0.124. The zero-order chi connectivity index (χ0) is 20.9. The van der Waals surface area contributed by atoms with E-state index in [2.05, 4.69) is 10.3 Å². The van der Waals surface area contributed by atoms with Gasteiger partial charge in [0.2, 0.25) is 0 Å². The third-order valence-corrected chi connectivity index (χ3v) is 8.59. The first-order valence-electron chi connectivity index (χ1n) is 9.55. The van der Waals surface area contributed by atoms with E-state index < -0.39 is 37.8 Å². The van der Waals surface area contributed by atoms with Crippen molar-refractivity contribution in [2.45, 2.75) is 42.6 Å². The van der Waals surface area contributed by atoms with Crippen LogP contribution in [0.5, 0.6) is 0 Å². The first-order valence-corrected chi connectivity index (χ1v) is 11.2. The van der Waals surface area contributed by atoms with Gasteiger partial charge in [0.05, 0.1) is 12.4 Å². The van der Waals surface area contributed by atoms with E-state index in [4.69, 9.17) is 15.2 Å². The van der Waals surface area contributed by atoms with E-state index in [9.17, 15) is 17.6 Å². The Morgan fingerprint density at radius 1 is 1.38 bits per heavy atom. The lowest BCUT2D eigenvalue weighted by Crippen LogP contribution is -2.58. The second-order valence-corrected chi connectivity index (χ2v) is 10.3. The number of nitrogens with two attached hydrogens (primary N) is 1. The normalized spacial score (nSPS) is 33.6. The van der Waals surface area contributed by atoms with Gasteiger partial charge in [-0.25, -0.2) is 12.8 Å². The Kier molecular flexibility index (Phi) is 4.91. The molecule has 158 valence electrons. The summed E-state index contributed by atoms with van der Waals surface area (Å²) in [5.74, 6) is -1.39. The number of carbonyl (C=O) groups is 1. The lowest BCUT2D eigenvalue weighted by Gasteiger charge is -2.39. The second kappa shape index (κ2) is 7.03. The van der Waals surface area contributed by atoms with Crippen molar-refractivity contribution in [2.24, 2.45) is 10.7 Å². The molecule has 3 aliphatic heterocycles. The average Bonchev–Trinajstić information content (AvgIpc) is 3.34. The van der Waals surface area contributed by atoms with Crippen LogP contribution in [0.25, 0.3) is 0 Å². The number of amides is 1. The van der Waals surface area contributed by atoms with Crippen molar-refractivity contribution in [3.05, 3.63) is 29.6 Å². The third-order valence-electron chi connectivity index (χ3n) is 5.92. The Hall–Kier alpha value is -2.04. The van der Waals surface area contributed by atoms with Crippen molar-refractivity contribution in [1.29, 1.82) is 0 Å². The number of benzene rings is 1. The van der Waals surface area contributed by atoms with Gasteiger partial charge >= 0.3 is 0 Å². The second-order valence-electron chi connectivity index (χ2n) is 8.01. The lowest BCUT2D eigenvalue weighted by atomic mass is 9.92. The Bertz CT molecular complexity index is 968. The highest BCUT2D eigenvalue weighted by Gasteiger charge is 2.57. The minimum absolute atomic E-state index is 0.0410. The third kappa shape index (κ3) is 3.32. The molecule has 3 aliphatic rings. The summed E-state index contributed by atoms with van der Waals surface area (Å²) in [6, 6.07) is 4.02. The number of nitrogens with zero attached hydrogens (tertiary/aromatic N) is 1. The zero-order valence-corrected chi connectivity index (χ0v) is 16.9. The number of sulfone groups is 1. The Morgan fingerprint density at radius 2 is 2.17 bits per heavy atom. The topological polar surface area (TPSA) is 120 Å². The molecule has 3 heterocycles. The van der Waals surface area contributed by atoms with Gasteiger partial charge in [-0.1, -0.05) is 0 Å². The number of nitrogens with one attached hydrogen (secondary N) is 1. The van der Waals surface area contributed by atoms with Crippen molar-refractivity contribution in [3.8, 4) is 0 Å². The molecule has 1 spiro atoms. The number of anilines is 1. The summed E-state index contributed by atoms with van der Waals surface area (Å²) in [7, 11) is -3.75. The van der Waals surface area contributed by atoms with Crippen LogP contribution in [0.15, 0.2) is 23.2 Å². The van der Waals surface area contributed by atoms with E-state index in [-0.39, 0.29) is 36.9 Å². The van der Waals surface area contributed by atoms with Crippen LogP contribution in [0.4, 0.5) is 10.1 Å². The van der Waals surface area contributed by atoms with E-state index in [1.165, 1.54) is 25.1 Å².